The van der Waals surface area contributed by atoms with Crippen molar-refractivity contribution in [3.05, 3.63) is 65.9 Å². The van der Waals surface area contributed by atoms with Crippen LogP contribution in [0.15, 0.2) is 40.9 Å². The van der Waals surface area contributed by atoms with Gasteiger partial charge in [0.15, 0.2) is 0 Å². The first kappa shape index (κ1) is 15.2. The molecule has 0 aliphatic carbocycles. The predicted octanol–water partition coefficient (Wildman–Crippen LogP) is 4.71. The number of nitro benzene ring substituents is 1. The van der Waals surface area contributed by atoms with E-state index in [0.717, 1.165) is 16.1 Å². The number of benzene rings is 2. The Morgan fingerprint density at radius 1 is 1.35 bits per heavy atom. The minimum Gasteiger partial charge on any atom is -0.375 e. The fourth-order valence-electron chi connectivity index (χ4n) is 1.67. The number of nitrogens with zero attached hydrogens (tertiary/aromatic N) is 1. The van der Waals surface area contributed by atoms with Gasteiger partial charge in [-0.3, -0.25) is 10.1 Å². The van der Waals surface area contributed by atoms with Crippen molar-refractivity contribution < 1.29 is 9.31 Å². The van der Waals surface area contributed by atoms with E-state index in [1.807, 2.05) is 24.3 Å². The summed E-state index contributed by atoms with van der Waals surface area (Å²) in [5, 5.41) is 13.9. The van der Waals surface area contributed by atoms with Gasteiger partial charge in [0, 0.05) is 23.2 Å². The van der Waals surface area contributed by atoms with Crippen LogP contribution in [0.3, 0.4) is 0 Å². The largest absolute Gasteiger partial charge is 0.375 e. The van der Waals surface area contributed by atoms with Crippen LogP contribution in [0.1, 0.15) is 5.56 Å². The van der Waals surface area contributed by atoms with Gasteiger partial charge in [0.05, 0.1) is 8.49 Å². The topological polar surface area (TPSA) is 55.2 Å². The molecular weight excluding hydrogens is 442 g/mol. The lowest BCUT2D eigenvalue weighted by Crippen LogP contribution is -2.04. The first-order valence-electron chi connectivity index (χ1n) is 5.59. The monoisotopic (exact) mass is 450 g/mol. The van der Waals surface area contributed by atoms with Crippen molar-refractivity contribution in [3.63, 3.8) is 0 Å². The number of anilines is 1. The third-order valence-corrected chi connectivity index (χ3v) is 3.93. The Hall–Kier alpha value is -1.22. The smallest absolute Gasteiger partial charge is 0.293 e. The summed E-state index contributed by atoms with van der Waals surface area (Å²) in [4.78, 5) is 10.5. The third-order valence-electron chi connectivity index (χ3n) is 2.61. The molecule has 1 N–H and O–H groups in total. The average molecular weight is 451 g/mol. The zero-order valence-corrected chi connectivity index (χ0v) is 13.8. The minimum atomic E-state index is -0.523. The Morgan fingerprint density at radius 3 is 2.75 bits per heavy atom. The van der Waals surface area contributed by atoms with Gasteiger partial charge in [-0.05, 0) is 40.3 Å². The summed E-state index contributed by atoms with van der Waals surface area (Å²) in [6, 6.07) is 9.89. The Kier molecular flexibility index (Phi) is 4.92. The van der Waals surface area contributed by atoms with Gasteiger partial charge in [0.25, 0.3) is 5.69 Å². The van der Waals surface area contributed by atoms with Crippen molar-refractivity contribution in [1.29, 1.82) is 0 Å². The molecule has 2 rings (SSSR count). The van der Waals surface area contributed by atoms with Crippen LogP contribution in [0.2, 0.25) is 0 Å². The fraction of sp³-hybridized carbons (Fsp3) is 0.0769. The molecule has 7 heteroatoms. The van der Waals surface area contributed by atoms with Crippen molar-refractivity contribution in [2.24, 2.45) is 0 Å². The molecular formula is C13H9BrFIN2O2. The summed E-state index contributed by atoms with van der Waals surface area (Å²) in [6.07, 6.45) is 0. The second kappa shape index (κ2) is 6.49. The van der Waals surface area contributed by atoms with E-state index in [4.69, 9.17) is 0 Å². The van der Waals surface area contributed by atoms with Crippen LogP contribution in [0.5, 0.6) is 0 Å². The zero-order valence-electron chi connectivity index (χ0n) is 10.1. The number of nitro groups is 1. The molecule has 0 heterocycles. The zero-order chi connectivity index (χ0) is 14.7. The molecule has 0 saturated heterocycles. The lowest BCUT2D eigenvalue weighted by molar-refractivity contribution is -0.384. The molecule has 0 saturated carbocycles. The highest BCUT2D eigenvalue weighted by atomic mass is 127. The lowest BCUT2D eigenvalue weighted by atomic mass is 10.2. The van der Waals surface area contributed by atoms with Crippen molar-refractivity contribution >= 4 is 49.9 Å². The summed E-state index contributed by atoms with van der Waals surface area (Å²) >= 11 is 5.08. The normalized spacial score (nSPS) is 10.3. The Labute approximate surface area is 136 Å². The highest BCUT2D eigenvalue weighted by Crippen LogP contribution is 2.29. The molecule has 20 heavy (non-hydrogen) atoms. The maximum Gasteiger partial charge on any atom is 0.293 e. The summed E-state index contributed by atoms with van der Waals surface area (Å²) in [6.45, 7) is 0.375. The predicted molar refractivity (Wildman–Crippen MR) is 87.2 cm³/mol. The summed E-state index contributed by atoms with van der Waals surface area (Å²) in [5.41, 5.74) is 0.978. The van der Waals surface area contributed by atoms with Gasteiger partial charge in [-0.1, -0.05) is 28.1 Å². The number of nitrogens with one attached hydrogen (secondary N) is 1. The van der Waals surface area contributed by atoms with E-state index in [-0.39, 0.29) is 14.9 Å². The van der Waals surface area contributed by atoms with Crippen LogP contribution in [0, 0.1) is 19.5 Å². The second-order valence-electron chi connectivity index (χ2n) is 4.02. The van der Waals surface area contributed by atoms with E-state index >= 15 is 0 Å². The van der Waals surface area contributed by atoms with Crippen LogP contribution in [0.4, 0.5) is 15.8 Å². The van der Waals surface area contributed by atoms with Gasteiger partial charge in [0.2, 0.25) is 0 Å². The maximum absolute atomic E-state index is 13.5. The molecule has 0 radical (unpaired) electrons. The lowest BCUT2D eigenvalue weighted by Gasteiger charge is -2.08. The van der Waals surface area contributed by atoms with Crippen LogP contribution in [-0.2, 0) is 6.54 Å². The van der Waals surface area contributed by atoms with E-state index in [0.29, 0.717) is 6.54 Å². The van der Waals surface area contributed by atoms with Crippen LogP contribution in [-0.4, -0.2) is 4.92 Å². The van der Waals surface area contributed by atoms with Gasteiger partial charge >= 0.3 is 0 Å². The van der Waals surface area contributed by atoms with Crippen LogP contribution >= 0.6 is 38.5 Å². The molecule has 0 unspecified atom stereocenters. The number of hydrogen-bond donors (Lipinski definition) is 1. The van der Waals surface area contributed by atoms with Crippen molar-refractivity contribution in [2.45, 2.75) is 6.54 Å². The SMILES string of the molecule is O=[N+]([O-])c1cc(I)c(F)cc1NCc1cccc(Br)c1. The van der Waals surface area contributed by atoms with Crippen molar-refractivity contribution in [1.82, 2.24) is 0 Å². The second-order valence-corrected chi connectivity index (χ2v) is 6.10. The van der Waals surface area contributed by atoms with Crippen molar-refractivity contribution in [3.8, 4) is 0 Å². The Balaban J connectivity index is 2.24. The molecule has 0 aliphatic heterocycles. The molecule has 104 valence electrons. The van der Waals surface area contributed by atoms with E-state index in [9.17, 15) is 14.5 Å². The quantitative estimate of drug-likeness (QED) is 0.417. The summed E-state index contributed by atoms with van der Waals surface area (Å²) in [7, 11) is 0. The van der Waals surface area contributed by atoms with Crippen LogP contribution < -0.4 is 5.32 Å². The molecule has 2 aromatic rings. The minimum absolute atomic E-state index is 0.134. The number of halogens is 3. The van der Waals surface area contributed by atoms with E-state index in [1.165, 1.54) is 6.07 Å². The molecule has 2 aromatic carbocycles. The third kappa shape index (κ3) is 3.66. The molecule has 0 spiro atoms. The van der Waals surface area contributed by atoms with Gasteiger partial charge in [0.1, 0.15) is 11.5 Å². The van der Waals surface area contributed by atoms with Crippen molar-refractivity contribution in [2.75, 3.05) is 5.32 Å². The van der Waals surface area contributed by atoms with Gasteiger partial charge in [-0.25, -0.2) is 4.39 Å². The first-order valence-corrected chi connectivity index (χ1v) is 7.46. The van der Waals surface area contributed by atoms with Gasteiger partial charge in [-0.15, -0.1) is 0 Å². The molecule has 0 aromatic heterocycles. The van der Waals surface area contributed by atoms with Crippen LogP contribution in [0.25, 0.3) is 0 Å². The van der Waals surface area contributed by atoms with E-state index in [2.05, 4.69) is 21.2 Å². The van der Waals surface area contributed by atoms with Gasteiger partial charge < -0.3 is 5.32 Å². The standard InChI is InChI=1S/C13H9BrFIN2O2/c14-9-3-1-2-8(4-9)7-17-12-5-10(15)11(16)6-13(12)18(19)20/h1-6,17H,7H2. The molecule has 0 amide bonds. The van der Waals surface area contributed by atoms with E-state index < -0.39 is 10.7 Å². The number of rotatable bonds is 4. The fourth-order valence-corrected chi connectivity index (χ4v) is 2.57. The average Bonchev–Trinajstić information content (AvgIpc) is 2.39. The number of hydrogen-bond acceptors (Lipinski definition) is 3. The molecule has 0 atom stereocenters. The highest BCUT2D eigenvalue weighted by molar-refractivity contribution is 14.1. The molecule has 0 fully saturated rings. The Bertz CT molecular complexity index is 667. The molecule has 4 nitrogen and oxygen atoms in total. The summed E-state index contributed by atoms with van der Waals surface area (Å²) < 4.78 is 14.7. The highest BCUT2D eigenvalue weighted by Gasteiger charge is 2.17. The maximum atomic E-state index is 13.5. The Morgan fingerprint density at radius 2 is 2.10 bits per heavy atom. The first-order chi connectivity index (χ1) is 9.47. The molecule has 0 bridgehead atoms. The summed E-state index contributed by atoms with van der Waals surface area (Å²) in [5.74, 6) is -0.479. The van der Waals surface area contributed by atoms with Gasteiger partial charge in [-0.2, -0.15) is 0 Å². The van der Waals surface area contributed by atoms with E-state index in [1.54, 1.807) is 22.6 Å². The molecule has 0 aliphatic rings.